The van der Waals surface area contributed by atoms with E-state index in [0.29, 0.717) is 5.56 Å². The van der Waals surface area contributed by atoms with Crippen molar-refractivity contribution in [3.05, 3.63) is 53.6 Å². The first-order chi connectivity index (χ1) is 15.5. The Bertz CT molecular complexity index is 1070. The molecule has 0 saturated carbocycles. The average molecular weight is 486 g/mol. The lowest BCUT2D eigenvalue weighted by Crippen LogP contribution is -2.54. The molecule has 0 bridgehead atoms. The number of halogens is 4. The number of pyridine rings is 1. The molecule has 1 aliphatic heterocycles. The number of rotatable bonds is 5. The molecule has 0 spiro atoms. The molecule has 2 N–H and O–H groups in total. The third kappa shape index (κ3) is 5.64. The summed E-state index contributed by atoms with van der Waals surface area (Å²) in [4.78, 5) is 37.2. The van der Waals surface area contributed by atoms with Crippen molar-refractivity contribution in [1.29, 1.82) is 0 Å². The number of ether oxygens (including phenoxy) is 1. The van der Waals surface area contributed by atoms with Crippen LogP contribution in [-0.2, 0) is 9.53 Å². The SMILES string of the molecule is C=CC(=O)N1C[C@@H](c2cc(Cl)nc(-c3cc(C(=O)NC)ncn3)c2)O[C@H]([C@@H](O)C(F)(F)F)C1. The van der Waals surface area contributed by atoms with Crippen LogP contribution < -0.4 is 5.32 Å². The lowest BCUT2D eigenvalue weighted by Gasteiger charge is -2.40. The first kappa shape index (κ1) is 24.6. The smallest absolute Gasteiger partial charge is 0.381 e. The average Bonchev–Trinajstić information content (AvgIpc) is 2.81. The molecule has 3 atom stereocenters. The first-order valence-electron chi connectivity index (χ1n) is 9.57. The number of morpholine rings is 1. The summed E-state index contributed by atoms with van der Waals surface area (Å²) < 4.78 is 44.9. The van der Waals surface area contributed by atoms with Crippen LogP contribution >= 0.6 is 11.6 Å². The van der Waals surface area contributed by atoms with Gasteiger partial charge in [-0.1, -0.05) is 18.2 Å². The van der Waals surface area contributed by atoms with Crippen molar-refractivity contribution in [3.63, 3.8) is 0 Å². The molecule has 1 aliphatic rings. The lowest BCUT2D eigenvalue weighted by molar-refractivity contribution is -0.253. The fourth-order valence-corrected chi connectivity index (χ4v) is 3.47. The maximum atomic E-state index is 13.1. The first-order valence-corrected chi connectivity index (χ1v) is 9.94. The van der Waals surface area contributed by atoms with Crippen LogP contribution in [-0.4, -0.2) is 75.3 Å². The van der Waals surface area contributed by atoms with Gasteiger partial charge in [0.1, 0.15) is 29.4 Å². The molecule has 0 aromatic carbocycles. The predicted octanol–water partition coefficient (Wildman–Crippen LogP) is 1.93. The summed E-state index contributed by atoms with van der Waals surface area (Å²) in [6.45, 7) is 2.77. The highest BCUT2D eigenvalue weighted by Gasteiger charge is 2.47. The van der Waals surface area contributed by atoms with E-state index in [0.717, 1.165) is 17.3 Å². The quantitative estimate of drug-likeness (QED) is 0.491. The third-order valence-electron chi connectivity index (χ3n) is 4.88. The van der Waals surface area contributed by atoms with Crippen LogP contribution in [0.25, 0.3) is 11.4 Å². The standard InChI is InChI=1S/C20H19ClF3N5O4/c1-3-17(30)29-7-14(33-15(8-29)18(31)20(22,23)24)10-4-12(28-16(21)5-10)11-6-13(19(32)25-2)27-9-26-11/h3-6,9,14-15,18,31H,1,7-8H2,2H3,(H,25,32)/t14-,15-,18+/m0/s1. The van der Waals surface area contributed by atoms with Gasteiger partial charge in [-0.3, -0.25) is 9.59 Å². The van der Waals surface area contributed by atoms with Gasteiger partial charge >= 0.3 is 6.18 Å². The van der Waals surface area contributed by atoms with Crippen LogP contribution in [0.3, 0.4) is 0 Å². The van der Waals surface area contributed by atoms with Gasteiger partial charge in [-0.2, -0.15) is 13.2 Å². The van der Waals surface area contributed by atoms with Gasteiger partial charge in [0.25, 0.3) is 5.91 Å². The zero-order chi connectivity index (χ0) is 24.3. The van der Waals surface area contributed by atoms with Gasteiger partial charge in [-0.05, 0) is 29.8 Å². The lowest BCUT2D eigenvalue weighted by atomic mass is 10.0. The molecule has 0 aliphatic carbocycles. The van der Waals surface area contributed by atoms with E-state index in [1.54, 1.807) is 0 Å². The Morgan fingerprint density at radius 2 is 2.03 bits per heavy atom. The highest BCUT2D eigenvalue weighted by atomic mass is 35.5. The summed E-state index contributed by atoms with van der Waals surface area (Å²) in [5, 5.41) is 12.1. The number of aliphatic hydroxyl groups excluding tert-OH is 1. The van der Waals surface area contributed by atoms with E-state index in [9.17, 15) is 27.9 Å². The zero-order valence-electron chi connectivity index (χ0n) is 17.2. The van der Waals surface area contributed by atoms with E-state index in [1.165, 1.54) is 25.2 Å². The van der Waals surface area contributed by atoms with Crippen molar-refractivity contribution in [2.24, 2.45) is 0 Å². The Labute approximate surface area is 191 Å². The Morgan fingerprint density at radius 3 is 2.67 bits per heavy atom. The largest absolute Gasteiger partial charge is 0.416 e. The molecule has 3 heterocycles. The van der Waals surface area contributed by atoms with Gasteiger partial charge in [0.15, 0.2) is 6.10 Å². The normalized spacial score (nSPS) is 19.6. The topological polar surface area (TPSA) is 118 Å². The maximum absolute atomic E-state index is 13.1. The molecule has 13 heteroatoms. The van der Waals surface area contributed by atoms with Gasteiger partial charge in [-0.25, -0.2) is 15.0 Å². The summed E-state index contributed by atoms with van der Waals surface area (Å²) in [5.41, 5.74) is 0.796. The second-order valence-corrected chi connectivity index (χ2v) is 7.46. The van der Waals surface area contributed by atoms with E-state index in [-0.39, 0.29) is 28.8 Å². The Balaban J connectivity index is 1.99. The van der Waals surface area contributed by atoms with Gasteiger partial charge in [0.05, 0.1) is 24.5 Å². The predicted molar refractivity (Wildman–Crippen MR) is 110 cm³/mol. The molecule has 2 aromatic heterocycles. The summed E-state index contributed by atoms with van der Waals surface area (Å²) in [5.74, 6) is -1.08. The number of aromatic nitrogens is 3. The fraction of sp³-hybridized carbons (Fsp3) is 0.350. The zero-order valence-corrected chi connectivity index (χ0v) is 18.0. The number of carbonyl (C=O) groups excluding carboxylic acids is 2. The van der Waals surface area contributed by atoms with E-state index in [4.69, 9.17) is 16.3 Å². The summed E-state index contributed by atoms with van der Waals surface area (Å²) in [6.07, 6.45) is -8.45. The van der Waals surface area contributed by atoms with Crippen LogP contribution in [0, 0.1) is 0 Å². The molecule has 1 saturated heterocycles. The monoisotopic (exact) mass is 485 g/mol. The Morgan fingerprint density at radius 1 is 1.30 bits per heavy atom. The van der Waals surface area contributed by atoms with Crippen LogP contribution in [0.2, 0.25) is 5.15 Å². The minimum Gasteiger partial charge on any atom is -0.381 e. The minimum absolute atomic E-state index is 0.0219. The van der Waals surface area contributed by atoms with Gasteiger partial charge in [-0.15, -0.1) is 0 Å². The van der Waals surface area contributed by atoms with Crippen LogP contribution in [0.4, 0.5) is 13.2 Å². The molecule has 1 fully saturated rings. The van der Waals surface area contributed by atoms with Crippen LogP contribution in [0.15, 0.2) is 37.2 Å². The second kappa shape index (κ2) is 9.81. The van der Waals surface area contributed by atoms with E-state index in [1.807, 2.05) is 0 Å². The number of hydrogen-bond acceptors (Lipinski definition) is 7. The van der Waals surface area contributed by atoms with Gasteiger partial charge in [0.2, 0.25) is 5.91 Å². The van der Waals surface area contributed by atoms with Crippen molar-refractivity contribution < 1.29 is 32.6 Å². The highest BCUT2D eigenvalue weighted by molar-refractivity contribution is 6.29. The molecule has 2 amide bonds. The molecular weight excluding hydrogens is 467 g/mol. The van der Waals surface area contributed by atoms with Crippen LogP contribution in [0.1, 0.15) is 22.2 Å². The number of aliphatic hydroxyl groups is 1. The number of carbonyl (C=O) groups is 2. The molecule has 0 unspecified atom stereocenters. The van der Waals surface area contributed by atoms with Gasteiger partial charge in [0, 0.05) is 7.05 Å². The second-order valence-electron chi connectivity index (χ2n) is 7.07. The minimum atomic E-state index is -4.95. The number of hydrogen-bond donors (Lipinski definition) is 2. The molecule has 2 aromatic rings. The summed E-state index contributed by atoms with van der Waals surface area (Å²) in [7, 11) is 1.43. The Hall–Kier alpha value is -3.09. The van der Waals surface area contributed by atoms with Crippen LogP contribution in [0.5, 0.6) is 0 Å². The summed E-state index contributed by atoms with van der Waals surface area (Å²) in [6, 6.07) is 4.20. The van der Waals surface area contributed by atoms with E-state index >= 15 is 0 Å². The fourth-order valence-electron chi connectivity index (χ4n) is 3.25. The highest BCUT2D eigenvalue weighted by Crippen LogP contribution is 2.34. The summed E-state index contributed by atoms with van der Waals surface area (Å²) >= 11 is 6.13. The molecule has 9 nitrogen and oxygen atoms in total. The maximum Gasteiger partial charge on any atom is 0.416 e. The molecule has 176 valence electrons. The number of nitrogens with zero attached hydrogens (tertiary/aromatic N) is 4. The third-order valence-corrected chi connectivity index (χ3v) is 5.07. The van der Waals surface area contributed by atoms with Crippen molar-refractivity contribution in [2.75, 3.05) is 20.1 Å². The molecule has 3 rings (SSSR count). The van der Waals surface area contributed by atoms with Crippen molar-refractivity contribution in [3.8, 4) is 11.4 Å². The molecular formula is C20H19ClF3N5O4. The Kier molecular flexibility index (Phi) is 7.30. The molecule has 33 heavy (non-hydrogen) atoms. The number of nitrogens with one attached hydrogen (secondary N) is 1. The van der Waals surface area contributed by atoms with Crippen molar-refractivity contribution in [2.45, 2.75) is 24.5 Å². The molecule has 0 radical (unpaired) electrons. The van der Waals surface area contributed by atoms with E-state index < -0.39 is 42.8 Å². The number of alkyl halides is 3. The van der Waals surface area contributed by atoms with Gasteiger partial charge < -0.3 is 20.1 Å². The van der Waals surface area contributed by atoms with Crippen molar-refractivity contribution >= 4 is 23.4 Å². The van der Waals surface area contributed by atoms with E-state index in [2.05, 4.69) is 26.8 Å². The number of amides is 2. The van der Waals surface area contributed by atoms with Crippen molar-refractivity contribution in [1.82, 2.24) is 25.2 Å².